The van der Waals surface area contributed by atoms with E-state index in [2.05, 4.69) is 19.5 Å². The Hall–Kier alpha value is -1.63. The molecule has 102 valence electrons. The normalized spacial score (nSPS) is 11.9. The van der Waals surface area contributed by atoms with E-state index in [4.69, 9.17) is 11.6 Å². The maximum atomic E-state index is 11.5. The standard InChI is InChI=1S/C10H14ClNO6/c1-3-17-9(14)8(7(13)6-11)10(15)18-5-4-12-16-2/h4,8H,3,5-6H2,1-2H3. The van der Waals surface area contributed by atoms with Crippen molar-refractivity contribution in [3.8, 4) is 0 Å². The van der Waals surface area contributed by atoms with Crippen molar-refractivity contribution in [3.05, 3.63) is 0 Å². The molecule has 0 aliphatic carbocycles. The lowest BCUT2D eigenvalue weighted by molar-refractivity contribution is -0.162. The minimum Gasteiger partial charge on any atom is -0.465 e. The van der Waals surface area contributed by atoms with Gasteiger partial charge in [-0.15, -0.1) is 11.6 Å². The highest BCUT2D eigenvalue weighted by atomic mass is 35.5. The molecular formula is C10H14ClNO6. The van der Waals surface area contributed by atoms with Crippen molar-refractivity contribution < 1.29 is 28.7 Å². The number of nitrogens with zero attached hydrogens (tertiary/aromatic N) is 1. The number of hydrogen-bond donors (Lipinski definition) is 0. The largest absolute Gasteiger partial charge is 0.465 e. The van der Waals surface area contributed by atoms with Crippen LogP contribution in [0.2, 0.25) is 0 Å². The molecule has 1 atom stereocenters. The molecule has 0 fully saturated rings. The van der Waals surface area contributed by atoms with E-state index in [0.29, 0.717) is 0 Å². The molecule has 0 saturated carbocycles. The van der Waals surface area contributed by atoms with E-state index in [1.165, 1.54) is 7.11 Å². The molecule has 0 aromatic rings. The van der Waals surface area contributed by atoms with Gasteiger partial charge in [-0.1, -0.05) is 5.16 Å². The van der Waals surface area contributed by atoms with Gasteiger partial charge in [0, 0.05) is 0 Å². The second-order valence-electron chi connectivity index (χ2n) is 2.89. The van der Waals surface area contributed by atoms with Crippen molar-refractivity contribution in [2.24, 2.45) is 11.1 Å². The Bertz CT molecular complexity index is 330. The Balaban J connectivity index is 4.55. The van der Waals surface area contributed by atoms with E-state index in [9.17, 15) is 14.4 Å². The number of ether oxygens (including phenoxy) is 2. The van der Waals surface area contributed by atoms with E-state index in [1.54, 1.807) is 6.92 Å². The fraction of sp³-hybridized carbons (Fsp3) is 0.600. The Morgan fingerprint density at radius 2 is 1.89 bits per heavy atom. The number of alkyl halides is 1. The molecule has 0 aliphatic rings. The summed E-state index contributed by atoms with van der Waals surface area (Å²) in [5.41, 5.74) is 0. The van der Waals surface area contributed by atoms with Crippen molar-refractivity contribution in [2.75, 3.05) is 26.2 Å². The van der Waals surface area contributed by atoms with Gasteiger partial charge in [0.05, 0.1) is 18.7 Å². The lowest BCUT2D eigenvalue weighted by atomic mass is 10.1. The van der Waals surface area contributed by atoms with Crippen molar-refractivity contribution in [1.82, 2.24) is 0 Å². The van der Waals surface area contributed by atoms with Crippen LogP contribution in [0.3, 0.4) is 0 Å². The van der Waals surface area contributed by atoms with E-state index in [1.807, 2.05) is 0 Å². The van der Waals surface area contributed by atoms with Gasteiger partial charge in [-0.2, -0.15) is 0 Å². The third kappa shape index (κ3) is 5.62. The molecule has 0 heterocycles. The van der Waals surface area contributed by atoms with E-state index in [-0.39, 0.29) is 13.2 Å². The van der Waals surface area contributed by atoms with Gasteiger partial charge in [-0.05, 0) is 6.92 Å². The smallest absolute Gasteiger partial charge is 0.328 e. The Morgan fingerprint density at radius 3 is 2.39 bits per heavy atom. The predicted octanol–water partition coefficient (Wildman–Crippen LogP) is 0.149. The topological polar surface area (TPSA) is 91.3 Å². The van der Waals surface area contributed by atoms with Gasteiger partial charge in [0.1, 0.15) is 13.7 Å². The summed E-state index contributed by atoms with van der Waals surface area (Å²) in [6.07, 6.45) is 1.16. The summed E-state index contributed by atoms with van der Waals surface area (Å²) >= 11 is 5.31. The average molecular weight is 280 g/mol. The number of rotatable bonds is 8. The van der Waals surface area contributed by atoms with Gasteiger partial charge in [-0.25, -0.2) is 0 Å². The van der Waals surface area contributed by atoms with Crippen LogP contribution in [0.4, 0.5) is 0 Å². The Labute approximate surface area is 109 Å². The zero-order chi connectivity index (χ0) is 14.0. The summed E-state index contributed by atoms with van der Waals surface area (Å²) in [6.45, 7) is 1.37. The highest BCUT2D eigenvalue weighted by molar-refractivity contribution is 6.32. The van der Waals surface area contributed by atoms with Gasteiger partial charge in [0.15, 0.2) is 5.78 Å². The van der Waals surface area contributed by atoms with Crippen LogP contribution in [0.25, 0.3) is 0 Å². The Kier molecular flexibility index (Phi) is 8.55. The summed E-state index contributed by atoms with van der Waals surface area (Å²) in [7, 11) is 1.32. The number of Topliss-reactive ketones (excluding diaryl/α,β-unsaturated/α-hetero) is 1. The number of ketones is 1. The number of esters is 2. The van der Waals surface area contributed by atoms with Crippen LogP contribution in [0.15, 0.2) is 5.16 Å². The fourth-order valence-electron chi connectivity index (χ4n) is 0.970. The first-order valence-corrected chi connectivity index (χ1v) is 5.58. The van der Waals surface area contributed by atoms with Crippen LogP contribution in [0.5, 0.6) is 0 Å². The van der Waals surface area contributed by atoms with Crippen LogP contribution in [-0.2, 0) is 28.7 Å². The molecule has 0 N–H and O–H groups in total. The van der Waals surface area contributed by atoms with Crippen molar-refractivity contribution in [2.45, 2.75) is 6.92 Å². The van der Waals surface area contributed by atoms with Crippen LogP contribution < -0.4 is 0 Å². The lowest BCUT2D eigenvalue weighted by Gasteiger charge is -2.11. The first-order valence-electron chi connectivity index (χ1n) is 5.05. The molecule has 18 heavy (non-hydrogen) atoms. The molecule has 1 unspecified atom stereocenters. The molecule has 0 aromatic heterocycles. The van der Waals surface area contributed by atoms with Crippen LogP contribution >= 0.6 is 11.6 Å². The second-order valence-corrected chi connectivity index (χ2v) is 3.15. The first-order chi connectivity index (χ1) is 8.58. The fourth-order valence-corrected chi connectivity index (χ4v) is 1.12. The number of carbonyl (C=O) groups excluding carboxylic acids is 3. The Morgan fingerprint density at radius 1 is 1.28 bits per heavy atom. The van der Waals surface area contributed by atoms with Crippen LogP contribution in [-0.4, -0.2) is 50.1 Å². The molecule has 0 bridgehead atoms. The van der Waals surface area contributed by atoms with E-state index in [0.717, 1.165) is 6.21 Å². The molecule has 0 aliphatic heterocycles. The summed E-state index contributed by atoms with van der Waals surface area (Å²) in [5, 5.41) is 3.32. The van der Waals surface area contributed by atoms with E-state index >= 15 is 0 Å². The third-order valence-corrected chi connectivity index (χ3v) is 1.96. The van der Waals surface area contributed by atoms with Gasteiger partial charge in [-0.3, -0.25) is 14.4 Å². The quantitative estimate of drug-likeness (QED) is 0.206. The number of halogens is 1. The summed E-state index contributed by atoms with van der Waals surface area (Å²) < 4.78 is 9.25. The van der Waals surface area contributed by atoms with Gasteiger partial charge in [0.2, 0.25) is 5.92 Å². The number of carbonyl (C=O) groups is 3. The van der Waals surface area contributed by atoms with Crippen LogP contribution in [0.1, 0.15) is 6.92 Å². The zero-order valence-electron chi connectivity index (χ0n) is 10.1. The molecule has 8 heteroatoms. The molecule has 0 spiro atoms. The molecule has 0 radical (unpaired) electrons. The number of hydrogen-bond acceptors (Lipinski definition) is 7. The molecule has 0 saturated heterocycles. The molecule has 7 nitrogen and oxygen atoms in total. The zero-order valence-corrected chi connectivity index (χ0v) is 10.8. The van der Waals surface area contributed by atoms with Crippen LogP contribution in [0, 0.1) is 5.92 Å². The van der Waals surface area contributed by atoms with Crippen molar-refractivity contribution in [1.29, 1.82) is 0 Å². The monoisotopic (exact) mass is 279 g/mol. The maximum absolute atomic E-state index is 11.5. The predicted molar refractivity (Wildman–Crippen MR) is 62.3 cm³/mol. The SMILES string of the molecule is CCOC(=O)C(C(=O)CCl)C(=O)OCC=NOC. The second kappa shape index (κ2) is 9.41. The maximum Gasteiger partial charge on any atom is 0.328 e. The first kappa shape index (κ1) is 16.4. The van der Waals surface area contributed by atoms with Crippen molar-refractivity contribution >= 4 is 35.5 Å². The summed E-state index contributed by atoms with van der Waals surface area (Å²) in [4.78, 5) is 38.6. The summed E-state index contributed by atoms with van der Waals surface area (Å²) in [6, 6.07) is 0. The summed E-state index contributed by atoms with van der Waals surface area (Å²) in [5.74, 6) is -4.91. The molecule has 0 rings (SSSR count). The van der Waals surface area contributed by atoms with E-state index < -0.39 is 29.5 Å². The van der Waals surface area contributed by atoms with Gasteiger partial charge in [0.25, 0.3) is 0 Å². The third-order valence-electron chi connectivity index (χ3n) is 1.69. The van der Waals surface area contributed by atoms with Gasteiger partial charge >= 0.3 is 11.9 Å². The highest BCUT2D eigenvalue weighted by Crippen LogP contribution is 2.06. The lowest BCUT2D eigenvalue weighted by Crippen LogP contribution is -2.35. The molecule has 0 amide bonds. The van der Waals surface area contributed by atoms with Gasteiger partial charge < -0.3 is 14.3 Å². The minimum atomic E-state index is -1.65. The van der Waals surface area contributed by atoms with Crippen molar-refractivity contribution in [3.63, 3.8) is 0 Å². The number of oxime groups is 1. The highest BCUT2D eigenvalue weighted by Gasteiger charge is 2.36. The molecular weight excluding hydrogens is 266 g/mol. The molecule has 0 aromatic carbocycles. The minimum absolute atomic E-state index is 0.0450. The average Bonchev–Trinajstić information content (AvgIpc) is 2.35.